The first-order valence-corrected chi connectivity index (χ1v) is 7.05. The average Bonchev–Trinajstić information content (AvgIpc) is 2.66. The molecular weight excluding hydrogens is 246 g/mol. The minimum Gasteiger partial charge on any atom is -0.338 e. The zero-order chi connectivity index (χ0) is 13.9. The molecule has 2 atom stereocenters. The number of thiazole rings is 1. The van der Waals surface area contributed by atoms with Crippen LogP contribution in [-0.2, 0) is 4.79 Å². The first-order chi connectivity index (χ1) is 8.38. The molecule has 1 amide bonds. The third kappa shape index (κ3) is 3.29. The van der Waals surface area contributed by atoms with Gasteiger partial charge in [-0.25, -0.2) is 4.98 Å². The summed E-state index contributed by atoms with van der Waals surface area (Å²) in [6, 6.07) is 0.0861. The highest BCUT2D eigenvalue weighted by atomic mass is 32.1. The predicted octanol–water partition coefficient (Wildman–Crippen LogP) is 2.13. The lowest BCUT2D eigenvalue weighted by atomic mass is 10.1. The van der Waals surface area contributed by atoms with Gasteiger partial charge in [0.25, 0.3) is 0 Å². The Hall–Kier alpha value is -0.940. The van der Waals surface area contributed by atoms with Gasteiger partial charge in [0.1, 0.15) is 0 Å². The number of carbonyl (C=O) groups excluding carboxylic acids is 1. The Morgan fingerprint density at radius 1 is 1.44 bits per heavy atom. The van der Waals surface area contributed by atoms with E-state index in [0.717, 1.165) is 10.7 Å². The van der Waals surface area contributed by atoms with E-state index in [1.165, 1.54) is 4.88 Å². The van der Waals surface area contributed by atoms with Gasteiger partial charge >= 0.3 is 0 Å². The number of aromatic nitrogens is 1. The molecule has 1 aromatic rings. The number of nitrogens with zero attached hydrogens (tertiary/aromatic N) is 2. The first-order valence-electron chi connectivity index (χ1n) is 6.23. The van der Waals surface area contributed by atoms with Crippen molar-refractivity contribution in [1.82, 2.24) is 15.2 Å². The van der Waals surface area contributed by atoms with Crippen LogP contribution in [0.1, 0.15) is 35.5 Å². The molecule has 5 heteroatoms. The third-order valence-corrected chi connectivity index (χ3v) is 4.42. The van der Waals surface area contributed by atoms with Crippen LogP contribution >= 0.6 is 11.3 Å². The zero-order valence-electron chi connectivity index (χ0n) is 12.1. The Bertz CT molecular complexity index is 416. The SMILES string of the molecule is CNCC(C)C(=O)N(C)C(C)c1sc(C)nc1C. The summed E-state index contributed by atoms with van der Waals surface area (Å²) in [5.41, 5.74) is 1.03. The van der Waals surface area contributed by atoms with Crippen molar-refractivity contribution in [3.63, 3.8) is 0 Å². The number of carbonyl (C=O) groups is 1. The molecule has 2 unspecified atom stereocenters. The van der Waals surface area contributed by atoms with Crippen molar-refractivity contribution >= 4 is 17.2 Å². The summed E-state index contributed by atoms with van der Waals surface area (Å²) < 4.78 is 0. The average molecular weight is 269 g/mol. The molecule has 0 bridgehead atoms. The number of rotatable bonds is 5. The van der Waals surface area contributed by atoms with Crippen molar-refractivity contribution < 1.29 is 4.79 Å². The lowest BCUT2D eigenvalue weighted by Gasteiger charge is -2.27. The van der Waals surface area contributed by atoms with Gasteiger partial charge in [0, 0.05) is 24.4 Å². The second kappa shape index (κ2) is 6.29. The van der Waals surface area contributed by atoms with E-state index < -0.39 is 0 Å². The van der Waals surface area contributed by atoms with Gasteiger partial charge < -0.3 is 10.2 Å². The minimum absolute atomic E-state index is 0.00299. The van der Waals surface area contributed by atoms with E-state index in [1.54, 1.807) is 11.3 Å². The van der Waals surface area contributed by atoms with Gasteiger partial charge in [-0.05, 0) is 27.8 Å². The summed E-state index contributed by atoms with van der Waals surface area (Å²) in [4.78, 5) is 19.7. The molecule has 0 spiro atoms. The molecule has 102 valence electrons. The molecule has 0 aromatic carbocycles. The molecule has 1 rings (SSSR count). The molecule has 0 aliphatic carbocycles. The van der Waals surface area contributed by atoms with E-state index in [-0.39, 0.29) is 17.9 Å². The summed E-state index contributed by atoms with van der Waals surface area (Å²) in [6.45, 7) is 8.72. The Morgan fingerprint density at radius 3 is 2.50 bits per heavy atom. The highest BCUT2D eigenvalue weighted by Gasteiger charge is 2.24. The summed E-state index contributed by atoms with van der Waals surface area (Å²) in [6.07, 6.45) is 0. The van der Waals surface area contributed by atoms with Crippen LogP contribution in [0.2, 0.25) is 0 Å². The summed E-state index contributed by atoms with van der Waals surface area (Å²) >= 11 is 1.67. The largest absolute Gasteiger partial charge is 0.338 e. The Balaban J connectivity index is 2.80. The quantitative estimate of drug-likeness (QED) is 0.890. The topological polar surface area (TPSA) is 45.2 Å². The van der Waals surface area contributed by atoms with Gasteiger partial charge in [-0.15, -0.1) is 11.3 Å². The van der Waals surface area contributed by atoms with Crippen LogP contribution in [0, 0.1) is 19.8 Å². The summed E-state index contributed by atoms with van der Waals surface area (Å²) in [7, 11) is 3.73. The Kier molecular flexibility index (Phi) is 5.28. The van der Waals surface area contributed by atoms with Crippen molar-refractivity contribution in [2.24, 2.45) is 5.92 Å². The van der Waals surface area contributed by atoms with Gasteiger partial charge in [-0.3, -0.25) is 4.79 Å². The number of amides is 1. The van der Waals surface area contributed by atoms with E-state index in [9.17, 15) is 4.79 Å². The molecule has 1 aromatic heterocycles. The summed E-state index contributed by atoms with van der Waals surface area (Å²) in [5.74, 6) is 0.166. The van der Waals surface area contributed by atoms with E-state index in [1.807, 2.05) is 39.8 Å². The van der Waals surface area contributed by atoms with Crippen molar-refractivity contribution in [1.29, 1.82) is 0 Å². The number of hydrogen-bond acceptors (Lipinski definition) is 4. The normalized spacial score (nSPS) is 14.3. The molecular formula is C13H23N3OS. The van der Waals surface area contributed by atoms with Gasteiger partial charge in [-0.1, -0.05) is 6.92 Å². The van der Waals surface area contributed by atoms with Gasteiger partial charge in [-0.2, -0.15) is 0 Å². The molecule has 1 N–H and O–H groups in total. The standard InChI is InChI=1S/C13H23N3OS/c1-8(7-14-5)13(17)16(6)10(3)12-9(2)15-11(4)18-12/h8,10,14H,7H2,1-6H3. The second-order valence-electron chi connectivity index (χ2n) is 4.77. The van der Waals surface area contributed by atoms with Crippen LogP contribution in [0.5, 0.6) is 0 Å². The van der Waals surface area contributed by atoms with E-state index in [0.29, 0.717) is 6.54 Å². The van der Waals surface area contributed by atoms with E-state index >= 15 is 0 Å². The van der Waals surface area contributed by atoms with Gasteiger partial charge in [0.2, 0.25) is 5.91 Å². The van der Waals surface area contributed by atoms with Crippen LogP contribution < -0.4 is 5.32 Å². The lowest BCUT2D eigenvalue weighted by Crippen LogP contribution is -2.37. The van der Waals surface area contributed by atoms with Crippen molar-refractivity contribution in [3.8, 4) is 0 Å². The minimum atomic E-state index is -0.00299. The maximum atomic E-state index is 12.2. The van der Waals surface area contributed by atoms with Crippen LogP contribution in [0.25, 0.3) is 0 Å². The van der Waals surface area contributed by atoms with Crippen molar-refractivity contribution in [2.45, 2.75) is 33.7 Å². The fraction of sp³-hybridized carbons (Fsp3) is 0.692. The molecule has 0 fully saturated rings. The predicted molar refractivity (Wildman–Crippen MR) is 75.9 cm³/mol. The van der Waals surface area contributed by atoms with Crippen LogP contribution in [0.15, 0.2) is 0 Å². The number of hydrogen-bond donors (Lipinski definition) is 1. The highest BCUT2D eigenvalue weighted by molar-refractivity contribution is 7.11. The maximum absolute atomic E-state index is 12.2. The van der Waals surface area contributed by atoms with Crippen LogP contribution in [0.3, 0.4) is 0 Å². The smallest absolute Gasteiger partial charge is 0.226 e. The molecule has 0 aliphatic heterocycles. The maximum Gasteiger partial charge on any atom is 0.226 e. The van der Waals surface area contributed by atoms with Crippen LogP contribution in [0.4, 0.5) is 0 Å². The molecule has 4 nitrogen and oxygen atoms in total. The molecule has 0 aliphatic rings. The van der Waals surface area contributed by atoms with Crippen molar-refractivity contribution in [3.05, 3.63) is 15.6 Å². The number of nitrogens with one attached hydrogen (secondary N) is 1. The van der Waals surface area contributed by atoms with Gasteiger partial charge in [0.05, 0.1) is 16.7 Å². The fourth-order valence-corrected chi connectivity index (χ4v) is 3.07. The third-order valence-electron chi connectivity index (χ3n) is 3.18. The monoisotopic (exact) mass is 269 g/mol. The molecule has 18 heavy (non-hydrogen) atoms. The van der Waals surface area contributed by atoms with Crippen LogP contribution in [-0.4, -0.2) is 36.4 Å². The molecule has 0 saturated carbocycles. The van der Waals surface area contributed by atoms with Crippen molar-refractivity contribution in [2.75, 3.05) is 20.6 Å². The second-order valence-corrected chi connectivity index (χ2v) is 6.00. The lowest BCUT2D eigenvalue weighted by molar-refractivity contribution is -0.135. The molecule has 0 radical (unpaired) electrons. The molecule has 0 saturated heterocycles. The number of aryl methyl sites for hydroxylation is 2. The zero-order valence-corrected chi connectivity index (χ0v) is 12.9. The van der Waals surface area contributed by atoms with Gasteiger partial charge in [0.15, 0.2) is 0 Å². The highest BCUT2D eigenvalue weighted by Crippen LogP contribution is 2.28. The van der Waals surface area contributed by atoms with E-state index in [2.05, 4.69) is 17.2 Å². The Labute approximate surface area is 113 Å². The summed E-state index contributed by atoms with van der Waals surface area (Å²) in [5, 5.41) is 4.09. The fourth-order valence-electron chi connectivity index (χ4n) is 2.04. The van der Waals surface area contributed by atoms with E-state index in [4.69, 9.17) is 0 Å². The first kappa shape index (κ1) is 15.1. The molecule has 1 heterocycles. The Morgan fingerprint density at radius 2 is 2.06 bits per heavy atom.